The van der Waals surface area contributed by atoms with Gasteiger partial charge < -0.3 is 0 Å². The first-order valence-electron chi connectivity index (χ1n) is 4.52. The lowest BCUT2D eigenvalue weighted by atomic mass is 10.0. The molecule has 0 aromatic carbocycles. The van der Waals surface area contributed by atoms with Crippen molar-refractivity contribution in [1.82, 2.24) is 9.97 Å². The SMILES string of the molecule is Cc1cncc(C2=CCCC=C2)n1. The van der Waals surface area contributed by atoms with Crippen LogP contribution in [0.2, 0.25) is 0 Å². The second kappa shape index (κ2) is 3.52. The molecular weight excluding hydrogens is 160 g/mol. The summed E-state index contributed by atoms with van der Waals surface area (Å²) in [6.07, 6.45) is 12.4. The van der Waals surface area contributed by atoms with E-state index in [2.05, 4.69) is 28.2 Å². The fourth-order valence-electron chi connectivity index (χ4n) is 1.41. The number of aromatic nitrogens is 2. The Kier molecular flexibility index (Phi) is 2.21. The molecule has 0 radical (unpaired) electrons. The summed E-state index contributed by atoms with van der Waals surface area (Å²) in [7, 11) is 0. The van der Waals surface area contributed by atoms with E-state index in [9.17, 15) is 0 Å². The van der Waals surface area contributed by atoms with E-state index in [1.54, 1.807) is 6.20 Å². The zero-order chi connectivity index (χ0) is 9.10. The zero-order valence-electron chi connectivity index (χ0n) is 7.70. The average Bonchev–Trinajstić information content (AvgIpc) is 2.19. The van der Waals surface area contributed by atoms with Crippen LogP contribution in [0, 0.1) is 6.92 Å². The molecule has 13 heavy (non-hydrogen) atoms. The van der Waals surface area contributed by atoms with Gasteiger partial charge in [-0.25, -0.2) is 4.98 Å². The van der Waals surface area contributed by atoms with Crippen LogP contribution in [0.5, 0.6) is 0 Å². The lowest BCUT2D eigenvalue weighted by Crippen LogP contribution is -1.93. The third-order valence-corrected chi connectivity index (χ3v) is 2.05. The number of nitrogens with zero attached hydrogens (tertiary/aromatic N) is 2. The normalized spacial score (nSPS) is 15.6. The lowest BCUT2D eigenvalue weighted by molar-refractivity contribution is 1.03. The Morgan fingerprint density at radius 2 is 2.15 bits per heavy atom. The fraction of sp³-hybridized carbons (Fsp3) is 0.273. The Labute approximate surface area is 78.0 Å². The summed E-state index contributed by atoms with van der Waals surface area (Å²) in [6.45, 7) is 1.96. The van der Waals surface area contributed by atoms with Gasteiger partial charge in [0.1, 0.15) is 0 Å². The molecule has 0 saturated carbocycles. The second-order valence-corrected chi connectivity index (χ2v) is 3.18. The Morgan fingerprint density at radius 3 is 2.85 bits per heavy atom. The van der Waals surface area contributed by atoms with E-state index in [1.807, 2.05) is 13.1 Å². The van der Waals surface area contributed by atoms with Crippen LogP contribution in [0.3, 0.4) is 0 Å². The maximum atomic E-state index is 4.41. The maximum absolute atomic E-state index is 4.41. The molecule has 1 aromatic heterocycles. The van der Waals surface area contributed by atoms with E-state index >= 15 is 0 Å². The van der Waals surface area contributed by atoms with Crippen molar-refractivity contribution >= 4 is 5.57 Å². The van der Waals surface area contributed by atoms with Crippen molar-refractivity contribution in [3.05, 3.63) is 42.0 Å². The molecule has 0 atom stereocenters. The summed E-state index contributed by atoms with van der Waals surface area (Å²) in [4.78, 5) is 8.54. The van der Waals surface area contributed by atoms with Gasteiger partial charge in [0.05, 0.1) is 17.6 Å². The van der Waals surface area contributed by atoms with E-state index in [0.29, 0.717) is 0 Å². The first-order valence-corrected chi connectivity index (χ1v) is 4.52. The van der Waals surface area contributed by atoms with Crippen LogP contribution < -0.4 is 0 Å². The molecule has 1 aromatic rings. The van der Waals surface area contributed by atoms with Gasteiger partial charge in [-0.2, -0.15) is 0 Å². The van der Waals surface area contributed by atoms with Crippen molar-refractivity contribution in [3.63, 3.8) is 0 Å². The predicted octanol–water partition coefficient (Wildman–Crippen LogP) is 2.52. The molecule has 1 heterocycles. The Balaban J connectivity index is 2.35. The summed E-state index contributed by atoms with van der Waals surface area (Å²) in [6, 6.07) is 0. The van der Waals surface area contributed by atoms with Crippen LogP contribution in [-0.2, 0) is 0 Å². The summed E-state index contributed by atoms with van der Waals surface area (Å²) in [5.74, 6) is 0. The number of hydrogen-bond acceptors (Lipinski definition) is 2. The number of aryl methyl sites for hydroxylation is 1. The van der Waals surface area contributed by atoms with Gasteiger partial charge in [0.15, 0.2) is 0 Å². The molecule has 1 aliphatic rings. The third-order valence-electron chi connectivity index (χ3n) is 2.05. The van der Waals surface area contributed by atoms with E-state index in [4.69, 9.17) is 0 Å². The number of rotatable bonds is 1. The molecule has 0 amide bonds. The fourth-order valence-corrected chi connectivity index (χ4v) is 1.41. The quantitative estimate of drug-likeness (QED) is 0.650. The largest absolute Gasteiger partial charge is 0.261 e. The molecule has 2 rings (SSSR count). The van der Waals surface area contributed by atoms with Crippen molar-refractivity contribution in [1.29, 1.82) is 0 Å². The Bertz CT molecular complexity index is 364. The molecule has 0 saturated heterocycles. The molecule has 0 bridgehead atoms. The van der Waals surface area contributed by atoms with E-state index in [-0.39, 0.29) is 0 Å². The third kappa shape index (κ3) is 1.83. The van der Waals surface area contributed by atoms with Crippen LogP contribution in [0.25, 0.3) is 5.57 Å². The highest BCUT2D eigenvalue weighted by molar-refractivity contribution is 5.71. The zero-order valence-corrected chi connectivity index (χ0v) is 7.70. The number of hydrogen-bond donors (Lipinski definition) is 0. The smallest absolute Gasteiger partial charge is 0.0885 e. The van der Waals surface area contributed by atoms with Crippen molar-refractivity contribution in [2.24, 2.45) is 0 Å². The molecule has 0 spiro atoms. The molecule has 0 aliphatic heterocycles. The van der Waals surface area contributed by atoms with Crippen LogP contribution in [0.15, 0.2) is 30.6 Å². The topological polar surface area (TPSA) is 25.8 Å². The summed E-state index contributed by atoms with van der Waals surface area (Å²) >= 11 is 0. The lowest BCUT2D eigenvalue weighted by Gasteiger charge is -2.05. The highest BCUT2D eigenvalue weighted by Gasteiger charge is 2.02. The minimum absolute atomic E-state index is 0.970. The monoisotopic (exact) mass is 172 g/mol. The summed E-state index contributed by atoms with van der Waals surface area (Å²) in [5.41, 5.74) is 3.15. The maximum Gasteiger partial charge on any atom is 0.0885 e. The van der Waals surface area contributed by atoms with Crippen LogP contribution in [-0.4, -0.2) is 9.97 Å². The minimum Gasteiger partial charge on any atom is -0.261 e. The van der Waals surface area contributed by atoms with E-state index in [1.165, 1.54) is 5.57 Å². The minimum atomic E-state index is 0.970. The van der Waals surface area contributed by atoms with Gasteiger partial charge in [-0.15, -0.1) is 0 Å². The van der Waals surface area contributed by atoms with Crippen LogP contribution >= 0.6 is 0 Å². The molecule has 1 aliphatic carbocycles. The van der Waals surface area contributed by atoms with Gasteiger partial charge in [-0.3, -0.25) is 4.98 Å². The Hall–Kier alpha value is -1.44. The number of allylic oxidation sites excluding steroid dienone is 4. The standard InChI is InChI=1S/C11H12N2/c1-9-7-12-8-11(13-9)10-5-3-2-4-6-10/h3,5-8H,2,4H2,1H3. The molecule has 0 N–H and O–H groups in total. The van der Waals surface area contributed by atoms with E-state index < -0.39 is 0 Å². The Morgan fingerprint density at radius 1 is 1.23 bits per heavy atom. The van der Waals surface area contributed by atoms with Crippen LogP contribution in [0.1, 0.15) is 24.2 Å². The second-order valence-electron chi connectivity index (χ2n) is 3.18. The van der Waals surface area contributed by atoms with Gasteiger partial charge in [-0.1, -0.05) is 18.2 Å². The van der Waals surface area contributed by atoms with Crippen molar-refractivity contribution in [2.75, 3.05) is 0 Å². The molecule has 2 heteroatoms. The molecule has 66 valence electrons. The van der Waals surface area contributed by atoms with Crippen molar-refractivity contribution < 1.29 is 0 Å². The molecular formula is C11H12N2. The highest BCUT2D eigenvalue weighted by Crippen LogP contribution is 2.18. The van der Waals surface area contributed by atoms with Gasteiger partial charge in [0, 0.05) is 6.20 Å². The van der Waals surface area contributed by atoms with Crippen molar-refractivity contribution in [2.45, 2.75) is 19.8 Å². The molecule has 0 fully saturated rings. The summed E-state index contributed by atoms with van der Waals surface area (Å²) < 4.78 is 0. The van der Waals surface area contributed by atoms with Gasteiger partial charge in [0.2, 0.25) is 0 Å². The highest BCUT2D eigenvalue weighted by atomic mass is 14.8. The average molecular weight is 172 g/mol. The first kappa shape index (κ1) is 8.17. The molecule has 0 unspecified atom stereocenters. The van der Waals surface area contributed by atoms with Gasteiger partial charge >= 0.3 is 0 Å². The molecule has 2 nitrogen and oxygen atoms in total. The van der Waals surface area contributed by atoms with E-state index in [0.717, 1.165) is 24.2 Å². The van der Waals surface area contributed by atoms with Gasteiger partial charge in [0.25, 0.3) is 0 Å². The van der Waals surface area contributed by atoms with Crippen molar-refractivity contribution in [3.8, 4) is 0 Å². The first-order chi connectivity index (χ1) is 6.36. The van der Waals surface area contributed by atoms with Gasteiger partial charge in [-0.05, 0) is 25.3 Å². The summed E-state index contributed by atoms with van der Waals surface area (Å²) in [5, 5.41) is 0. The predicted molar refractivity (Wildman–Crippen MR) is 53.1 cm³/mol. The van der Waals surface area contributed by atoms with Crippen LogP contribution in [0.4, 0.5) is 0 Å².